The third-order valence-corrected chi connectivity index (χ3v) is 11.4. The number of aliphatic hydroxyl groups is 2. The zero-order chi connectivity index (χ0) is 31.7. The number of rotatable bonds is 14. The van der Waals surface area contributed by atoms with E-state index in [9.17, 15) is 37.5 Å². The third kappa shape index (κ3) is 7.54. The molecule has 0 bridgehead atoms. The zero-order valence-electron chi connectivity index (χ0n) is 22.1. The summed E-state index contributed by atoms with van der Waals surface area (Å²) in [5.74, 6) is 0.0654. The Morgan fingerprint density at radius 3 is 2.66 bits per heavy atom. The molecule has 4 aromatic rings. The quantitative estimate of drug-likeness (QED) is 0.0871. The molecule has 21 nitrogen and oxygen atoms in total. The standard InChI is InChI=1S/C19H25N9O12P2S2/c20-17-14-18(22-9-21-17)28(10-23-14)19-16(30)15(29)12(39-19)8-38-42(33,34)40-41(31,32)37-7-11-6-27(26-25-11)4-3-24-44(35,36)13-2-1-5-43-13/h1-2,5-6,9-10,12,15-16,19,24,29-30H,3-4,7-8H2,(H,31,32)(H,33,34)(H2,20,21,22)/t12-,15-,16-,19-/m1/s1. The minimum absolute atomic E-state index is 0.0132. The summed E-state index contributed by atoms with van der Waals surface area (Å²) in [6.45, 7) is -1.50. The Labute approximate surface area is 251 Å². The van der Waals surface area contributed by atoms with Crippen molar-refractivity contribution in [1.29, 1.82) is 0 Å². The number of nitrogens with one attached hydrogen (secondary N) is 1. The maximum Gasteiger partial charge on any atom is 0.481 e. The van der Waals surface area contributed by atoms with Gasteiger partial charge in [0, 0.05) is 6.54 Å². The van der Waals surface area contributed by atoms with E-state index in [4.69, 9.17) is 19.5 Å². The zero-order valence-corrected chi connectivity index (χ0v) is 25.5. The van der Waals surface area contributed by atoms with E-state index in [1.807, 2.05) is 0 Å². The van der Waals surface area contributed by atoms with Gasteiger partial charge in [0.25, 0.3) is 0 Å². The number of aliphatic hydroxyl groups excluding tert-OH is 2. The topological polar surface area (TPSA) is 298 Å². The highest BCUT2D eigenvalue weighted by atomic mass is 32.2. The van der Waals surface area contributed by atoms with Gasteiger partial charge in [0.1, 0.15) is 46.7 Å². The van der Waals surface area contributed by atoms with Crippen LogP contribution in [0.25, 0.3) is 11.2 Å². The van der Waals surface area contributed by atoms with Gasteiger partial charge in [-0.1, -0.05) is 11.3 Å². The summed E-state index contributed by atoms with van der Waals surface area (Å²) in [6.07, 6.45) is -2.13. The fourth-order valence-corrected chi connectivity index (χ4v) is 8.05. The van der Waals surface area contributed by atoms with Crippen molar-refractivity contribution in [2.75, 3.05) is 18.9 Å². The Balaban J connectivity index is 1.09. The van der Waals surface area contributed by atoms with E-state index in [2.05, 4.69) is 34.3 Å². The molecule has 0 spiro atoms. The molecule has 1 saturated heterocycles. The smallest absolute Gasteiger partial charge is 0.387 e. The number of ether oxygens (including phenoxy) is 1. The number of nitrogen functional groups attached to an aromatic ring is 1. The van der Waals surface area contributed by atoms with Gasteiger partial charge in [-0.3, -0.25) is 18.3 Å². The van der Waals surface area contributed by atoms with Crippen LogP contribution in [-0.2, 0) is 50.4 Å². The number of anilines is 1. The second kappa shape index (κ2) is 12.9. The van der Waals surface area contributed by atoms with Gasteiger partial charge in [-0.2, -0.15) is 4.31 Å². The first-order valence-electron chi connectivity index (χ1n) is 12.3. The second-order valence-electron chi connectivity index (χ2n) is 9.02. The summed E-state index contributed by atoms with van der Waals surface area (Å²) in [7, 11) is -14.2. The summed E-state index contributed by atoms with van der Waals surface area (Å²) in [5.41, 5.74) is 6.16. The number of hydrogen-bond acceptors (Lipinski definition) is 17. The Hall–Kier alpha value is -2.76. The highest BCUT2D eigenvalue weighted by molar-refractivity contribution is 7.91. The van der Waals surface area contributed by atoms with Gasteiger partial charge in [0.05, 0.1) is 25.7 Å². The molecule has 44 heavy (non-hydrogen) atoms. The van der Waals surface area contributed by atoms with E-state index < -0.39 is 63.4 Å². The predicted molar refractivity (Wildman–Crippen MR) is 147 cm³/mol. The first-order valence-corrected chi connectivity index (χ1v) is 17.6. The lowest BCUT2D eigenvalue weighted by Gasteiger charge is -2.19. The Kier molecular flexibility index (Phi) is 9.58. The highest BCUT2D eigenvalue weighted by Gasteiger charge is 2.46. The van der Waals surface area contributed by atoms with Crippen LogP contribution < -0.4 is 10.5 Å². The van der Waals surface area contributed by atoms with Gasteiger partial charge in [0.2, 0.25) is 10.0 Å². The van der Waals surface area contributed by atoms with E-state index in [0.717, 1.165) is 17.7 Å². The minimum atomic E-state index is -5.28. The molecule has 1 fully saturated rings. The number of sulfonamides is 1. The third-order valence-electron chi connectivity index (χ3n) is 5.96. The highest BCUT2D eigenvalue weighted by Crippen LogP contribution is 2.60. The van der Waals surface area contributed by atoms with Crippen molar-refractivity contribution < 1.29 is 55.6 Å². The molecular weight excluding hydrogens is 672 g/mol. The van der Waals surface area contributed by atoms with E-state index in [1.165, 1.54) is 27.8 Å². The van der Waals surface area contributed by atoms with Crippen LogP contribution in [0.5, 0.6) is 0 Å². The van der Waals surface area contributed by atoms with Gasteiger partial charge in [-0.15, -0.1) is 16.4 Å². The van der Waals surface area contributed by atoms with Crippen LogP contribution in [0.2, 0.25) is 0 Å². The first kappa shape index (κ1) is 32.6. The lowest BCUT2D eigenvalue weighted by atomic mass is 10.1. The maximum absolute atomic E-state index is 12.4. The van der Waals surface area contributed by atoms with Crippen LogP contribution in [0.1, 0.15) is 11.9 Å². The van der Waals surface area contributed by atoms with Gasteiger partial charge in [-0.25, -0.2) is 37.2 Å². The fraction of sp³-hybridized carbons (Fsp3) is 0.421. The van der Waals surface area contributed by atoms with Crippen molar-refractivity contribution in [2.24, 2.45) is 0 Å². The molecule has 25 heteroatoms. The maximum atomic E-state index is 12.4. The molecule has 1 aliphatic rings. The van der Waals surface area contributed by atoms with Crippen molar-refractivity contribution in [3.63, 3.8) is 0 Å². The Morgan fingerprint density at radius 1 is 1.14 bits per heavy atom. The molecule has 0 aliphatic carbocycles. The van der Waals surface area contributed by atoms with Gasteiger partial charge >= 0.3 is 15.6 Å². The Bertz CT molecular complexity index is 1800. The number of phosphoric ester groups is 2. The molecule has 0 saturated carbocycles. The summed E-state index contributed by atoms with van der Waals surface area (Å²) < 4.78 is 73.3. The number of aromatic nitrogens is 7. The van der Waals surface area contributed by atoms with Crippen molar-refractivity contribution in [2.45, 2.75) is 41.9 Å². The average molecular weight is 698 g/mol. The lowest BCUT2D eigenvalue weighted by molar-refractivity contribution is -0.0504. The minimum Gasteiger partial charge on any atom is -0.387 e. The van der Waals surface area contributed by atoms with Gasteiger partial charge < -0.3 is 30.5 Å². The van der Waals surface area contributed by atoms with Gasteiger partial charge in [0.15, 0.2) is 17.7 Å². The lowest BCUT2D eigenvalue weighted by Crippen LogP contribution is -2.33. The van der Waals surface area contributed by atoms with Gasteiger partial charge in [-0.05, 0) is 11.4 Å². The number of nitrogens with two attached hydrogens (primary N) is 1. The van der Waals surface area contributed by atoms with Crippen LogP contribution in [0.15, 0.2) is 40.6 Å². The number of imidazole rings is 1. The molecule has 0 aromatic carbocycles. The molecule has 0 radical (unpaired) electrons. The van der Waals surface area contributed by atoms with Crippen molar-refractivity contribution in [1.82, 2.24) is 39.2 Å². The first-order chi connectivity index (χ1) is 20.7. The van der Waals surface area contributed by atoms with E-state index in [1.54, 1.807) is 11.4 Å². The summed E-state index contributed by atoms with van der Waals surface area (Å²) >= 11 is 1.05. The number of phosphoric acid groups is 2. The normalized spacial score (nSPS) is 23.5. The average Bonchev–Trinajstić information content (AvgIpc) is 3.75. The summed E-state index contributed by atoms with van der Waals surface area (Å²) in [4.78, 5) is 31.8. The number of fused-ring (bicyclic) bond motifs is 1. The largest absolute Gasteiger partial charge is 0.481 e. The van der Waals surface area contributed by atoms with Crippen molar-refractivity contribution in [3.8, 4) is 0 Å². The monoisotopic (exact) mass is 697 g/mol. The molecule has 4 aromatic heterocycles. The van der Waals surface area contributed by atoms with Crippen LogP contribution in [0.3, 0.4) is 0 Å². The van der Waals surface area contributed by atoms with Crippen LogP contribution in [-0.4, -0.2) is 94.4 Å². The molecule has 5 rings (SSSR count). The summed E-state index contributed by atoms with van der Waals surface area (Å²) in [6, 6.07) is 3.05. The number of hydrogen-bond donors (Lipinski definition) is 6. The van der Waals surface area contributed by atoms with Crippen molar-refractivity contribution >= 4 is 54.0 Å². The van der Waals surface area contributed by atoms with Crippen LogP contribution >= 0.6 is 27.0 Å². The fourth-order valence-electron chi connectivity index (χ4n) is 3.94. The SMILES string of the molecule is Nc1ncnc2c1ncn2[C@@H]1O[C@H](COP(=O)(O)OP(=O)(O)OCc2cn(CCNS(=O)(=O)c3cccs3)nn2)[C@@H](O)[C@H]1O. The number of thiophene rings is 1. The Morgan fingerprint density at radius 2 is 1.91 bits per heavy atom. The number of nitrogens with zero attached hydrogens (tertiary/aromatic N) is 7. The molecule has 1 aliphatic heterocycles. The molecular formula is C19H25N9O12P2S2. The molecule has 0 amide bonds. The molecule has 2 unspecified atom stereocenters. The molecule has 5 heterocycles. The predicted octanol–water partition coefficient (Wildman–Crippen LogP) is -0.890. The summed E-state index contributed by atoms with van der Waals surface area (Å²) in [5, 5.41) is 30.0. The van der Waals surface area contributed by atoms with Crippen molar-refractivity contribution in [3.05, 3.63) is 42.1 Å². The van der Waals surface area contributed by atoms with Crippen LogP contribution in [0, 0.1) is 0 Å². The van der Waals surface area contributed by atoms with E-state index in [-0.39, 0.29) is 40.0 Å². The van der Waals surface area contributed by atoms with E-state index in [0.29, 0.717) is 0 Å². The molecule has 6 atom stereocenters. The second-order valence-corrected chi connectivity index (χ2v) is 15.0. The van der Waals surface area contributed by atoms with Crippen LogP contribution in [0.4, 0.5) is 5.82 Å². The molecule has 7 N–H and O–H groups in total. The van der Waals surface area contributed by atoms with E-state index >= 15 is 0 Å². The molecule has 240 valence electrons.